The van der Waals surface area contributed by atoms with Gasteiger partial charge in [0.15, 0.2) is 0 Å². The van der Waals surface area contributed by atoms with Crippen molar-refractivity contribution in [3.63, 3.8) is 0 Å². The van der Waals surface area contributed by atoms with Crippen LogP contribution in [-0.2, 0) is 0 Å². The molecule has 1 heterocycles. The molecule has 0 atom stereocenters. The Morgan fingerprint density at radius 2 is 2.06 bits per heavy atom. The summed E-state index contributed by atoms with van der Waals surface area (Å²) >= 11 is 0. The molecular formula is C13H13N3O. The molecule has 2 rings (SSSR count). The molecular weight excluding hydrogens is 214 g/mol. The number of nitrogens with two attached hydrogens (primary N) is 1. The number of nitrogen functional groups attached to an aromatic ring is 1. The number of aromatic nitrogens is 1. The van der Waals surface area contributed by atoms with Crippen molar-refractivity contribution in [2.75, 3.05) is 11.1 Å². The van der Waals surface area contributed by atoms with Crippen LogP contribution in [0.1, 0.15) is 16.1 Å². The Morgan fingerprint density at radius 1 is 1.29 bits per heavy atom. The predicted molar refractivity (Wildman–Crippen MR) is 67.8 cm³/mol. The fourth-order valence-electron chi connectivity index (χ4n) is 1.49. The first-order valence-electron chi connectivity index (χ1n) is 5.25. The number of amides is 1. The number of carbonyl (C=O) groups excluding carboxylic acids is 1. The minimum atomic E-state index is -0.187. The van der Waals surface area contributed by atoms with Gasteiger partial charge < -0.3 is 11.1 Å². The van der Waals surface area contributed by atoms with Gasteiger partial charge in [0, 0.05) is 17.5 Å². The van der Waals surface area contributed by atoms with Gasteiger partial charge in [-0.2, -0.15) is 0 Å². The second kappa shape index (κ2) is 4.65. The third-order valence-electron chi connectivity index (χ3n) is 2.37. The maximum atomic E-state index is 11.9. The maximum absolute atomic E-state index is 11.9. The molecule has 3 N–H and O–H groups in total. The lowest BCUT2D eigenvalue weighted by atomic mass is 10.2. The number of para-hydroxylation sites is 2. The van der Waals surface area contributed by atoms with Crippen LogP contribution < -0.4 is 11.1 Å². The largest absolute Gasteiger partial charge is 0.397 e. The maximum Gasteiger partial charge on any atom is 0.255 e. The summed E-state index contributed by atoms with van der Waals surface area (Å²) in [6, 6.07) is 10.6. The number of aryl methyl sites for hydroxylation is 1. The molecule has 1 amide bonds. The van der Waals surface area contributed by atoms with Gasteiger partial charge in [-0.3, -0.25) is 9.78 Å². The number of carbonyl (C=O) groups is 1. The molecule has 0 aliphatic rings. The highest BCUT2D eigenvalue weighted by Gasteiger charge is 2.07. The molecule has 0 radical (unpaired) electrons. The number of hydrogen-bond acceptors (Lipinski definition) is 3. The van der Waals surface area contributed by atoms with Crippen LogP contribution in [0.15, 0.2) is 42.6 Å². The van der Waals surface area contributed by atoms with Crippen LogP contribution in [-0.4, -0.2) is 10.9 Å². The van der Waals surface area contributed by atoms with Crippen LogP contribution in [0.2, 0.25) is 0 Å². The summed E-state index contributed by atoms with van der Waals surface area (Å²) in [5.41, 5.74) is 8.29. The van der Waals surface area contributed by atoms with E-state index in [1.54, 1.807) is 30.5 Å². The van der Waals surface area contributed by atoms with Crippen molar-refractivity contribution in [3.8, 4) is 0 Å². The molecule has 0 saturated heterocycles. The molecule has 0 bridgehead atoms. The molecule has 0 spiro atoms. The van der Waals surface area contributed by atoms with Gasteiger partial charge in [0.25, 0.3) is 5.91 Å². The number of anilines is 2. The van der Waals surface area contributed by atoms with E-state index in [9.17, 15) is 4.79 Å². The Kier molecular flexibility index (Phi) is 3.05. The summed E-state index contributed by atoms with van der Waals surface area (Å²) in [6.45, 7) is 1.84. The van der Waals surface area contributed by atoms with E-state index in [2.05, 4.69) is 10.3 Å². The van der Waals surface area contributed by atoms with Crippen molar-refractivity contribution in [1.29, 1.82) is 0 Å². The van der Waals surface area contributed by atoms with Crippen LogP contribution in [0.3, 0.4) is 0 Å². The van der Waals surface area contributed by atoms with Crippen molar-refractivity contribution in [2.45, 2.75) is 6.92 Å². The first-order chi connectivity index (χ1) is 8.16. The van der Waals surface area contributed by atoms with Crippen LogP contribution in [0.4, 0.5) is 11.4 Å². The number of rotatable bonds is 2. The molecule has 0 aliphatic heterocycles. The highest BCUT2D eigenvalue weighted by molar-refractivity contribution is 6.05. The van der Waals surface area contributed by atoms with Gasteiger partial charge >= 0.3 is 0 Å². The van der Waals surface area contributed by atoms with Crippen molar-refractivity contribution in [1.82, 2.24) is 4.98 Å². The Hall–Kier alpha value is -2.36. The zero-order chi connectivity index (χ0) is 12.3. The Balaban J connectivity index is 2.20. The first-order valence-corrected chi connectivity index (χ1v) is 5.25. The SMILES string of the molecule is Cc1cc(C(=O)Nc2ccccc2N)ccn1. The molecule has 1 aromatic carbocycles. The smallest absolute Gasteiger partial charge is 0.255 e. The third-order valence-corrected chi connectivity index (χ3v) is 2.37. The van der Waals surface area contributed by atoms with Crippen LogP contribution in [0, 0.1) is 6.92 Å². The molecule has 0 fully saturated rings. The average Bonchev–Trinajstić information content (AvgIpc) is 2.32. The highest BCUT2D eigenvalue weighted by atomic mass is 16.1. The van der Waals surface area contributed by atoms with Crippen LogP contribution in [0.25, 0.3) is 0 Å². The van der Waals surface area contributed by atoms with Crippen molar-refractivity contribution >= 4 is 17.3 Å². The van der Waals surface area contributed by atoms with E-state index in [1.807, 2.05) is 19.1 Å². The summed E-state index contributed by atoms with van der Waals surface area (Å²) in [6.07, 6.45) is 1.61. The quantitative estimate of drug-likeness (QED) is 0.773. The Bertz CT molecular complexity index is 552. The number of pyridine rings is 1. The molecule has 1 aromatic heterocycles. The van der Waals surface area contributed by atoms with E-state index in [0.717, 1.165) is 5.69 Å². The minimum Gasteiger partial charge on any atom is -0.397 e. The summed E-state index contributed by atoms with van der Waals surface area (Å²) in [4.78, 5) is 16.0. The van der Waals surface area contributed by atoms with Crippen LogP contribution >= 0.6 is 0 Å². The molecule has 4 nitrogen and oxygen atoms in total. The number of hydrogen-bond donors (Lipinski definition) is 2. The summed E-state index contributed by atoms with van der Waals surface area (Å²) in [5.74, 6) is -0.187. The number of nitrogens with one attached hydrogen (secondary N) is 1. The van der Waals surface area contributed by atoms with Crippen molar-refractivity contribution in [3.05, 3.63) is 53.9 Å². The zero-order valence-electron chi connectivity index (χ0n) is 9.47. The fourth-order valence-corrected chi connectivity index (χ4v) is 1.49. The summed E-state index contributed by atoms with van der Waals surface area (Å²) in [7, 11) is 0. The Morgan fingerprint density at radius 3 is 2.76 bits per heavy atom. The molecule has 2 aromatic rings. The lowest BCUT2D eigenvalue weighted by molar-refractivity contribution is 0.102. The first kappa shape index (κ1) is 11.1. The van der Waals surface area contributed by atoms with Gasteiger partial charge in [-0.1, -0.05) is 12.1 Å². The van der Waals surface area contributed by atoms with E-state index in [4.69, 9.17) is 5.73 Å². The molecule has 17 heavy (non-hydrogen) atoms. The zero-order valence-corrected chi connectivity index (χ0v) is 9.47. The fraction of sp³-hybridized carbons (Fsp3) is 0.0769. The van der Waals surface area contributed by atoms with Crippen molar-refractivity contribution in [2.24, 2.45) is 0 Å². The highest BCUT2D eigenvalue weighted by Crippen LogP contribution is 2.17. The van der Waals surface area contributed by atoms with E-state index in [-0.39, 0.29) is 5.91 Å². The van der Waals surface area contributed by atoms with Gasteiger partial charge in [0.2, 0.25) is 0 Å². The van der Waals surface area contributed by atoms with Gasteiger partial charge in [-0.15, -0.1) is 0 Å². The van der Waals surface area contributed by atoms with Gasteiger partial charge in [0.05, 0.1) is 11.4 Å². The topological polar surface area (TPSA) is 68.0 Å². The van der Waals surface area contributed by atoms with Gasteiger partial charge in [-0.05, 0) is 31.2 Å². The molecule has 0 aliphatic carbocycles. The minimum absolute atomic E-state index is 0.187. The predicted octanol–water partition coefficient (Wildman–Crippen LogP) is 2.22. The molecule has 4 heteroatoms. The molecule has 86 valence electrons. The number of nitrogens with zero attached hydrogens (tertiary/aromatic N) is 1. The second-order valence-electron chi connectivity index (χ2n) is 3.73. The van der Waals surface area contributed by atoms with E-state index < -0.39 is 0 Å². The Labute approximate surface area is 99.5 Å². The van der Waals surface area contributed by atoms with Gasteiger partial charge in [0.1, 0.15) is 0 Å². The summed E-state index contributed by atoms with van der Waals surface area (Å²) in [5, 5.41) is 2.76. The second-order valence-corrected chi connectivity index (χ2v) is 3.73. The van der Waals surface area contributed by atoms with Gasteiger partial charge in [-0.25, -0.2) is 0 Å². The monoisotopic (exact) mass is 227 g/mol. The van der Waals surface area contributed by atoms with E-state index >= 15 is 0 Å². The lowest BCUT2D eigenvalue weighted by Crippen LogP contribution is -2.13. The average molecular weight is 227 g/mol. The molecule has 0 unspecified atom stereocenters. The number of benzene rings is 1. The van der Waals surface area contributed by atoms with E-state index in [1.165, 1.54) is 0 Å². The summed E-state index contributed by atoms with van der Waals surface area (Å²) < 4.78 is 0. The molecule has 0 saturated carbocycles. The third kappa shape index (κ3) is 2.60. The lowest BCUT2D eigenvalue weighted by Gasteiger charge is -2.07. The van der Waals surface area contributed by atoms with Crippen LogP contribution in [0.5, 0.6) is 0 Å². The van der Waals surface area contributed by atoms with Crippen molar-refractivity contribution < 1.29 is 4.79 Å². The van der Waals surface area contributed by atoms with E-state index in [0.29, 0.717) is 16.9 Å². The standard InChI is InChI=1S/C13H13N3O/c1-9-8-10(6-7-15-9)13(17)16-12-5-3-2-4-11(12)14/h2-8H,14H2,1H3,(H,16,17). The normalized spacial score (nSPS) is 9.94.